The Morgan fingerprint density at radius 1 is 1.29 bits per heavy atom. The van der Waals surface area contributed by atoms with Gasteiger partial charge in [-0.15, -0.1) is 0 Å². The number of hydrogen-bond donors (Lipinski definition) is 2. The molecule has 1 aromatic rings. The Kier molecular flexibility index (Phi) is 3.83. The lowest BCUT2D eigenvalue weighted by atomic mass is 9.95. The zero-order valence-electron chi connectivity index (χ0n) is 11.4. The number of nitrogens with one attached hydrogen (secondary N) is 1. The number of halogens is 1. The van der Waals surface area contributed by atoms with Gasteiger partial charge in [-0.2, -0.15) is 0 Å². The van der Waals surface area contributed by atoms with Gasteiger partial charge in [0.05, 0.1) is 4.90 Å². The molecule has 2 bridgehead atoms. The Labute approximate surface area is 132 Å². The van der Waals surface area contributed by atoms with E-state index in [4.69, 9.17) is 5.14 Å². The zero-order valence-corrected chi connectivity index (χ0v) is 13.8. The second kappa shape index (κ2) is 5.37. The summed E-state index contributed by atoms with van der Waals surface area (Å²) in [5.41, 5.74) is 0.324. The zero-order chi connectivity index (χ0) is 15.2. The summed E-state index contributed by atoms with van der Waals surface area (Å²) in [5.74, 6) is 1.09. The maximum Gasteiger partial charge on any atom is 0.251 e. The van der Waals surface area contributed by atoms with Gasteiger partial charge in [-0.25, -0.2) is 13.6 Å². The van der Waals surface area contributed by atoms with Crippen LogP contribution in [0.1, 0.15) is 36.0 Å². The van der Waals surface area contributed by atoms with E-state index in [-0.39, 0.29) is 16.8 Å². The first-order chi connectivity index (χ1) is 9.84. The Hall–Kier alpha value is -0.920. The number of hydrogen-bond acceptors (Lipinski definition) is 3. The number of carbonyl (C=O) groups is 1. The van der Waals surface area contributed by atoms with E-state index in [2.05, 4.69) is 21.2 Å². The summed E-state index contributed by atoms with van der Waals surface area (Å²) in [5, 5.41) is 8.18. The lowest BCUT2D eigenvalue weighted by molar-refractivity contribution is 0.0922. The molecule has 1 amide bonds. The Balaban J connectivity index is 1.79. The third-order valence-electron chi connectivity index (χ3n) is 4.55. The molecule has 0 heterocycles. The Morgan fingerprint density at radius 3 is 2.62 bits per heavy atom. The molecule has 2 saturated carbocycles. The topological polar surface area (TPSA) is 89.3 Å². The van der Waals surface area contributed by atoms with Gasteiger partial charge in [0, 0.05) is 16.1 Å². The molecule has 0 saturated heterocycles. The second-order valence-corrected chi connectivity index (χ2v) is 8.33. The fourth-order valence-corrected chi connectivity index (χ4v) is 5.09. The predicted octanol–water partition coefficient (Wildman–Crippen LogP) is 2.01. The molecular formula is C14H17BrN2O3S. The SMILES string of the molecule is NS(=O)(=O)c1cc(C(=O)NC2CC3CCC2C3)ccc1Br. The van der Waals surface area contributed by atoms with Gasteiger partial charge in [0.25, 0.3) is 5.91 Å². The van der Waals surface area contributed by atoms with Crippen LogP contribution < -0.4 is 10.5 Å². The van der Waals surface area contributed by atoms with E-state index in [1.807, 2.05) is 0 Å². The average Bonchev–Trinajstić information content (AvgIpc) is 3.00. The summed E-state index contributed by atoms with van der Waals surface area (Å²) in [7, 11) is -3.85. The molecule has 3 N–H and O–H groups in total. The van der Waals surface area contributed by atoms with Crippen molar-refractivity contribution < 1.29 is 13.2 Å². The highest BCUT2D eigenvalue weighted by molar-refractivity contribution is 9.10. The predicted molar refractivity (Wildman–Crippen MR) is 82.2 cm³/mol. The van der Waals surface area contributed by atoms with E-state index >= 15 is 0 Å². The monoisotopic (exact) mass is 372 g/mol. The molecule has 114 valence electrons. The molecule has 0 aliphatic heterocycles. The van der Waals surface area contributed by atoms with Crippen LogP contribution in [-0.2, 0) is 10.0 Å². The number of sulfonamides is 1. The maximum atomic E-state index is 12.3. The molecule has 7 heteroatoms. The summed E-state index contributed by atoms with van der Waals surface area (Å²) in [6, 6.07) is 4.68. The quantitative estimate of drug-likeness (QED) is 0.850. The van der Waals surface area contributed by atoms with Crippen molar-refractivity contribution in [3.63, 3.8) is 0 Å². The second-order valence-electron chi connectivity index (χ2n) is 5.95. The molecule has 21 heavy (non-hydrogen) atoms. The van der Waals surface area contributed by atoms with Crippen LogP contribution in [0.3, 0.4) is 0 Å². The molecule has 2 fully saturated rings. The first kappa shape index (κ1) is 15.0. The minimum absolute atomic E-state index is 0.0666. The van der Waals surface area contributed by atoms with E-state index in [0.717, 1.165) is 12.3 Å². The van der Waals surface area contributed by atoms with Crippen molar-refractivity contribution >= 4 is 31.9 Å². The molecule has 2 aliphatic rings. The van der Waals surface area contributed by atoms with Crippen molar-refractivity contribution in [1.29, 1.82) is 0 Å². The van der Waals surface area contributed by atoms with Crippen LogP contribution in [0.15, 0.2) is 27.6 Å². The number of fused-ring (bicyclic) bond motifs is 2. The molecule has 3 atom stereocenters. The molecular weight excluding hydrogens is 356 g/mol. The lowest BCUT2D eigenvalue weighted by Gasteiger charge is -2.23. The number of nitrogens with two attached hydrogens (primary N) is 1. The van der Waals surface area contributed by atoms with E-state index in [1.165, 1.54) is 31.4 Å². The van der Waals surface area contributed by atoms with Gasteiger partial charge in [-0.05, 0) is 65.2 Å². The molecule has 5 nitrogen and oxygen atoms in total. The Morgan fingerprint density at radius 2 is 2.05 bits per heavy atom. The normalized spacial score (nSPS) is 27.8. The van der Waals surface area contributed by atoms with Crippen molar-refractivity contribution in [2.75, 3.05) is 0 Å². The van der Waals surface area contributed by atoms with Crippen molar-refractivity contribution in [3.05, 3.63) is 28.2 Å². The van der Waals surface area contributed by atoms with Crippen LogP contribution in [0.5, 0.6) is 0 Å². The fraction of sp³-hybridized carbons (Fsp3) is 0.500. The number of benzene rings is 1. The van der Waals surface area contributed by atoms with Crippen LogP contribution in [0.25, 0.3) is 0 Å². The van der Waals surface area contributed by atoms with Gasteiger partial charge in [-0.3, -0.25) is 4.79 Å². The van der Waals surface area contributed by atoms with Crippen LogP contribution in [0, 0.1) is 11.8 Å². The fourth-order valence-electron chi connectivity index (χ4n) is 3.54. The van der Waals surface area contributed by atoms with E-state index in [0.29, 0.717) is 16.0 Å². The highest BCUT2D eigenvalue weighted by Crippen LogP contribution is 2.44. The van der Waals surface area contributed by atoms with Gasteiger partial charge >= 0.3 is 0 Å². The number of amides is 1. The van der Waals surface area contributed by atoms with Crippen molar-refractivity contribution in [1.82, 2.24) is 5.32 Å². The number of primary sulfonamides is 1. The molecule has 0 spiro atoms. The molecule has 0 radical (unpaired) electrons. The van der Waals surface area contributed by atoms with E-state index in [1.54, 1.807) is 6.07 Å². The minimum atomic E-state index is -3.85. The van der Waals surface area contributed by atoms with E-state index < -0.39 is 10.0 Å². The third-order valence-corrected chi connectivity index (χ3v) is 6.46. The van der Waals surface area contributed by atoms with Gasteiger partial charge in [0.15, 0.2) is 0 Å². The highest BCUT2D eigenvalue weighted by Gasteiger charge is 2.40. The summed E-state index contributed by atoms with van der Waals surface area (Å²) in [6.07, 6.45) is 4.69. The number of rotatable bonds is 3. The van der Waals surface area contributed by atoms with Crippen LogP contribution in [0.4, 0.5) is 0 Å². The highest BCUT2D eigenvalue weighted by atomic mass is 79.9. The number of carbonyl (C=O) groups excluding carboxylic acids is 1. The average molecular weight is 373 g/mol. The summed E-state index contributed by atoms with van der Waals surface area (Å²) in [4.78, 5) is 12.2. The summed E-state index contributed by atoms with van der Waals surface area (Å²) in [6.45, 7) is 0. The first-order valence-electron chi connectivity index (χ1n) is 6.98. The van der Waals surface area contributed by atoms with Gasteiger partial charge in [-0.1, -0.05) is 6.42 Å². The molecule has 1 aromatic carbocycles. The smallest absolute Gasteiger partial charge is 0.251 e. The molecule has 3 unspecified atom stereocenters. The third kappa shape index (κ3) is 3.00. The molecule has 2 aliphatic carbocycles. The standard InChI is InChI=1S/C14H17BrN2O3S/c15-11-4-3-10(7-13(11)21(16,19)20)14(18)17-12-6-8-1-2-9(12)5-8/h3-4,7-9,12H,1-2,5-6H2,(H,17,18)(H2,16,19,20). The van der Waals surface area contributed by atoms with Crippen LogP contribution in [0.2, 0.25) is 0 Å². The molecule has 0 aromatic heterocycles. The van der Waals surface area contributed by atoms with Gasteiger partial charge in [0.1, 0.15) is 0 Å². The summed E-state index contributed by atoms with van der Waals surface area (Å²) >= 11 is 3.14. The largest absolute Gasteiger partial charge is 0.349 e. The Bertz CT molecular complexity index is 689. The minimum Gasteiger partial charge on any atom is -0.349 e. The van der Waals surface area contributed by atoms with Crippen LogP contribution >= 0.6 is 15.9 Å². The van der Waals surface area contributed by atoms with Crippen molar-refractivity contribution in [2.24, 2.45) is 17.0 Å². The maximum absolute atomic E-state index is 12.3. The van der Waals surface area contributed by atoms with Crippen LogP contribution in [-0.4, -0.2) is 20.4 Å². The molecule has 3 rings (SSSR count). The van der Waals surface area contributed by atoms with Crippen molar-refractivity contribution in [2.45, 2.75) is 36.6 Å². The van der Waals surface area contributed by atoms with Crippen molar-refractivity contribution in [3.8, 4) is 0 Å². The van der Waals surface area contributed by atoms with Gasteiger partial charge in [0.2, 0.25) is 10.0 Å². The summed E-state index contributed by atoms with van der Waals surface area (Å²) < 4.78 is 23.3. The van der Waals surface area contributed by atoms with Gasteiger partial charge < -0.3 is 5.32 Å². The first-order valence-corrected chi connectivity index (χ1v) is 9.32. The lowest BCUT2D eigenvalue weighted by Crippen LogP contribution is -2.38. The van der Waals surface area contributed by atoms with E-state index in [9.17, 15) is 13.2 Å².